The average molecular weight is 169 g/mol. The zero-order valence-electron chi connectivity index (χ0n) is 6.37. The quantitative estimate of drug-likeness (QED) is 0.495. The summed E-state index contributed by atoms with van der Waals surface area (Å²) in [6.07, 6.45) is 4.00. The Hall–Kier alpha value is -0.610. The molecule has 1 saturated carbocycles. The van der Waals surface area contributed by atoms with Crippen LogP contribution in [-0.2, 0) is 0 Å². The van der Waals surface area contributed by atoms with Crippen LogP contribution in [0.4, 0.5) is 0 Å². The molecule has 0 amide bonds. The summed E-state index contributed by atoms with van der Waals surface area (Å²) in [6, 6.07) is 0. The molecule has 0 saturated heterocycles. The Bertz CT molecular complexity index is 220. The molecule has 1 unspecified atom stereocenters. The first-order chi connectivity index (χ1) is 5.27. The number of nitrogens with one attached hydrogen (secondary N) is 1. The molecule has 0 aromatic rings. The van der Waals surface area contributed by atoms with Crippen molar-refractivity contribution < 1.29 is 0 Å². The van der Waals surface area contributed by atoms with Crippen molar-refractivity contribution in [3.63, 3.8) is 0 Å². The first-order valence-electron chi connectivity index (χ1n) is 3.37. The molecule has 0 heterocycles. The van der Waals surface area contributed by atoms with Crippen LogP contribution in [0.3, 0.4) is 0 Å². The minimum Gasteiger partial charge on any atom is -0.308 e. The van der Waals surface area contributed by atoms with Gasteiger partial charge in [-0.3, -0.25) is 10.1 Å². The van der Waals surface area contributed by atoms with Crippen molar-refractivity contribution >= 4 is 23.9 Å². The van der Waals surface area contributed by atoms with Crippen molar-refractivity contribution in [3.8, 4) is 0 Å². The van der Waals surface area contributed by atoms with E-state index in [4.69, 9.17) is 10.5 Å². The van der Waals surface area contributed by atoms with Crippen LogP contribution in [0, 0.1) is 5.41 Å². The molecule has 0 spiro atoms. The van der Waals surface area contributed by atoms with E-state index in [2.05, 4.69) is 4.99 Å². The summed E-state index contributed by atoms with van der Waals surface area (Å²) < 4.78 is 0. The van der Waals surface area contributed by atoms with Gasteiger partial charge in [0.05, 0.1) is 5.25 Å². The summed E-state index contributed by atoms with van der Waals surface area (Å²) in [5, 5.41) is 12.6. The highest BCUT2D eigenvalue weighted by molar-refractivity contribution is 7.99. The third kappa shape index (κ3) is 2.48. The number of hydrogen-bond acceptors (Lipinski definition) is 4. The van der Waals surface area contributed by atoms with Crippen LogP contribution in [0.25, 0.3) is 0 Å². The van der Waals surface area contributed by atoms with Gasteiger partial charge in [-0.25, -0.2) is 0 Å². The third-order valence-electron chi connectivity index (χ3n) is 1.43. The average Bonchev–Trinajstić information content (AvgIpc) is 2.78. The minimum absolute atomic E-state index is 0.435. The summed E-state index contributed by atoms with van der Waals surface area (Å²) in [7, 11) is 0. The molecule has 1 rings (SSSR count). The van der Waals surface area contributed by atoms with Crippen LogP contribution < -0.4 is 5.14 Å². The third-order valence-corrected chi connectivity index (χ3v) is 2.20. The van der Waals surface area contributed by atoms with Crippen molar-refractivity contribution in [1.29, 1.82) is 5.41 Å². The van der Waals surface area contributed by atoms with Gasteiger partial charge in [-0.1, -0.05) is 11.9 Å². The first kappa shape index (κ1) is 8.49. The van der Waals surface area contributed by atoms with E-state index in [0.29, 0.717) is 5.25 Å². The monoisotopic (exact) mass is 169 g/mol. The molecule has 0 radical (unpaired) electrons. The topological polar surface area (TPSA) is 62.2 Å². The van der Waals surface area contributed by atoms with Crippen LogP contribution in [0.5, 0.6) is 0 Å². The maximum absolute atomic E-state index is 6.88. The van der Waals surface area contributed by atoms with E-state index in [9.17, 15) is 0 Å². The molecular weight excluding hydrogens is 158 g/mol. The van der Waals surface area contributed by atoms with E-state index < -0.39 is 0 Å². The Kier molecular flexibility index (Phi) is 2.84. The number of allylic oxidation sites excluding steroid dienone is 1. The molecule has 3 nitrogen and oxygen atoms in total. The summed E-state index contributed by atoms with van der Waals surface area (Å²) >= 11 is 1.34. The first-order valence-corrected chi connectivity index (χ1v) is 4.31. The molecule has 60 valence electrons. The number of aliphatic imine (C=N–C) groups is 1. The molecular formula is C7H11N3S. The standard InChI is InChI=1S/C7H11N3S/c1-5(3-8)4-10-6-2-7(6)11-9/h3-4,7-8H,2,9H2,1H3/b5-4-,8-3?,10-6?. The molecule has 4 heteroatoms. The second kappa shape index (κ2) is 3.69. The van der Waals surface area contributed by atoms with E-state index >= 15 is 0 Å². The largest absolute Gasteiger partial charge is 0.308 e. The lowest BCUT2D eigenvalue weighted by molar-refractivity contribution is 1.44. The van der Waals surface area contributed by atoms with Gasteiger partial charge in [-0.05, 0) is 12.5 Å². The molecule has 0 aromatic heterocycles. The van der Waals surface area contributed by atoms with Gasteiger partial charge in [0.25, 0.3) is 0 Å². The Balaban J connectivity index is 2.44. The molecule has 1 fully saturated rings. The summed E-state index contributed by atoms with van der Waals surface area (Å²) in [5.41, 5.74) is 2.00. The Labute approximate surface area is 70.4 Å². The molecule has 11 heavy (non-hydrogen) atoms. The maximum atomic E-state index is 6.88. The van der Waals surface area contributed by atoms with Gasteiger partial charge in [0.2, 0.25) is 0 Å². The lowest BCUT2D eigenvalue weighted by Gasteiger charge is -1.83. The highest BCUT2D eigenvalue weighted by Crippen LogP contribution is 2.27. The van der Waals surface area contributed by atoms with Gasteiger partial charge < -0.3 is 5.41 Å². The van der Waals surface area contributed by atoms with Crippen LogP contribution in [-0.4, -0.2) is 17.2 Å². The molecule has 3 N–H and O–H groups in total. The highest BCUT2D eigenvalue weighted by atomic mass is 32.2. The minimum atomic E-state index is 0.435. The number of nitrogens with two attached hydrogens (primary N) is 1. The summed E-state index contributed by atoms with van der Waals surface area (Å²) in [4.78, 5) is 4.16. The van der Waals surface area contributed by atoms with E-state index in [1.54, 1.807) is 6.20 Å². The summed E-state index contributed by atoms with van der Waals surface area (Å²) in [6.45, 7) is 1.85. The van der Waals surface area contributed by atoms with Crippen molar-refractivity contribution in [2.75, 3.05) is 0 Å². The van der Waals surface area contributed by atoms with Crippen molar-refractivity contribution in [2.24, 2.45) is 10.1 Å². The predicted molar refractivity (Wildman–Crippen MR) is 50.2 cm³/mol. The highest BCUT2D eigenvalue weighted by Gasteiger charge is 2.30. The van der Waals surface area contributed by atoms with Crippen LogP contribution in [0.2, 0.25) is 0 Å². The molecule has 0 aliphatic heterocycles. The van der Waals surface area contributed by atoms with Gasteiger partial charge in [-0.15, -0.1) is 0 Å². The fourth-order valence-electron chi connectivity index (χ4n) is 0.616. The second-order valence-electron chi connectivity index (χ2n) is 2.47. The van der Waals surface area contributed by atoms with Crippen LogP contribution in [0.15, 0.2) is 16.8 Å². The molecule has 1 aliphatic rings. The molecule has 1 atom stereocenters. The van der Waals surface area contributed by atoms with Crippen LogP contribution in [0.1, 0.15) is 13.3 Å². The SMILES string of the molecule is C/C(C=N)=C/N=C1CC1SN. The second-order valence-corrected chi connectivity index (χ2v) is 3.31. The maximum Gasteiger partial charge on any atom is 0.0626 e. The van der Waals surface area contributed by atoms with E-state index in [1.165, 1.54) is 18.2 Å². The zero-order valence-corrected chi connectivity index (χ0v) is 7.19. The lowest BCUT2D eigenvalue weighted by Crippen LogP contribution is -1.85. The Morgan fingerprint density at radius 1 is 1.91 bits per heavy atom. The smallest absolute Gasteiger partial charge is 0.0626 e. The van der Waals surface area contributed by atoms with Crippen molar-refractivity contribution in [1.82, 2.24) is 0 Å². The molecule has 1 aliphatic carbocycles. The van der Waals surface area contributed by atoms with E-state index in [1.807, 2.05) is 6.92 Å². The normalized spacial score (nSPS) is 27.3. The van der Waals surface area contributed by atoms with Gasteiger partial charge in [0, 0.05) is 24.5 Å². The zero-order chi connectivity index (χ0) is 8.27. The molecule has 0 bridgehead atoms. The predicted octanol–water partition coefficient (Wildman–Crippen LogP) is 1.36. The van der Waals surface area contributed by atoms with Gasteiger partial charge in [-0.2, -0.15) is 0 Å². The molecule has 0 aromatic carbocycles. The van der Waals surface area contributed by atoms with E-state index in [-0.39, 0.29) is 0 Å². The number of rotatable bonds is 3. The van der Waals surface area contributed by atoms with Gasteiger partial charge in [0.15, 0.2) is 0 Å². The number of nitrogens with zero attached hydrogens (tertiary/aromatic N) is 1. The van der Waals surface area contributed by atoms with Gasteiger partial charge >= 0.3 is 0 Å². The van der Waals surface area contributed by atoms with Crippen LogP contribution >= 0.6 is 11.9 Å². The number of hydrogen-bond donors (Lipinski definition) is 2. The Morgan fingerprint density at radius 2 is 2.64 bits per heavy atom. The Morgan fingerprint density at radius 3 is 3.09 bits per heavy atom. The van der Waals surface area contributed by atoms with Gasteiger partial charge in [0.1, 0.15) is 0 Å². The fourth-order valence-corrected chi connectivity index (χ4v) is 1.10. The fraction of sp³-hybridized carbons (Fsp3) is 0.429. The summed E-state index contributed by atoms with van der Waals surface area (Å²) in [5.74, 6) is 0. The van der Waals surface area contributed by atoms with Crippen molar-refractivity contribution in [2.45, 2.75) is 18.6 Å². The lowest BCUT2D eigenvalue weighted by atomic mass is 10.4. The van der Waals surface area contributed by atoms with E-state index in [0.717, 1.165) is 17.7 Å². The van der Waals surface area contributed by atoms with Crippen molar-refractivity contribution in [3.05, 3.63) is 11.8 Å².